The molecule has 0 fully saturated rings. The van der Waals surface area contributed by atoms with Crippen molar-refractivity contribution in [1.82, 2.24) is 19.7 Å². The standard InChI is InChI=1S/C19H17N5/c1-14-22-18(20-12-15-8-4-2-5-9-15)17-13-21-24(19(17)23-14)16-10-6-3-7-11-16/h2-11,13H,12H2,1H3,(H,20,22,23). The Morgan fingerprint density at radius 1 is 0.917 bits per heavy atom. The lowest BCUT2D eigenvalue weighted by Crippen LogP contribution is -2.05. The maximum Gasteiger partial charge on any atom is 0.168 e. The monoisotopic (exact) mass is 315 g/mol. The van der Waals surface area contributed by atoms with Gasteiger partial charge in [0.25, 0.3) is 0 Å². The third-order valence-electron chi connectivity index (χ3n) is 3.84. The second-order valence-corrected chi connectivity index (χ2v) is 5.59. The number of aromatic nitrogens is 4. The molecule has 24 heavy (non-hydrogen) atoms. The van der Waals surface area contributed by atoms with Gasteiger partial charge in [-0.25, -0.2) is 14.6 Å². The van der Waals surface area contributed by atoms with Gasteiger partial charge in [0.15, 0.2) is 5.65 Å². The van der Waals surface area contributed by atoms with Crippen LogP contribution in [0.25, 0.3) is 16.7 Å². The quantitative estimate of drug-likeness (QED) is 0.623. The van der Waals surface area contributed by atoms with Crippen LogP contribution in [0.3, 0.4) is 0 Å². The summed E-state index contributed by atoms with van der Waals surface area (Å²) in [6.45, 7) is 2.61. The normalized spacial score (nSPS) is 10.9. The Morgan fingerprint density at radius 2 is 1.62 bits per heavy atom. The highest BCUT2D eigenvalue weighted by Crippen LogP contribution is 2.23. The number of para-hydroxylation sites is 1. The van der Waals surface area contributed by atoms with Gasteiger partial charge in [0.05, 0.1) is 17.3 Å². The lowest BCUT2D eigenvalue weighted by atomic mass is 10.2. The second-order valence-electron chi connectivity index (χ2n) is 5.59. The molecule has 0 saturated carbocycles. The van der Waals surface area contributed by atoms with Crippen LogP contribution in [0.4, 0.5) is 5.82 Å². The highest BCUT2D eigenvalue weighted by atomic mass is 15.3. The van der Waals surface area contributed by atoms with Gasteiger partial charge < -0.3 is 5.32 Å². The summed E-state index contributed by atoms with van der Waals surface area (Å²) < 4.78 is 1.84. The van der Waals surface area contributed by atoms with Crippen LogP contribution in [-0.2, 0) is 6.54 Å². The van der Waals surface area contributed by atoms with E-state index < -0.39 is 0 Å². The number of benzene rings is 2. The molecule has 5 heteroatoms. The van der Waals surface area contributed by atoms with E-state index in [-0.39, 0.29) is 0 Å². The van der Waals surface area contributed by atoms with Gasteiger partial charge in [-0.15, -0.1) is 0 Å². The number of nitrogens with one attached hydrogen (secondary N) is 1. The third kappa shape index (κ3) is 2.72. The average Bonchev–Trinajstić information content (AvgIpc) is 3.05. The van der Waals surface area contributed by atoms with E-state index in [2.05, 4.69) is 32.5 Å². The predicted molar refractivity (Wildman–Crippen MR) is 95.2 cm³/mol. The van der Waals surface area contributed by atoms with Crippen LogP contribution in [0.2, 0.25) is 0 Å². The van der Waals surface area contributed by atoms with Gasteiger partial charge in [-0.05, 0) is 24.6 Å². The number of hydrogen-bond donors (Lipinski definition) is 1. The lowest BCUT2D eigenvalue weighted by molar-refractivity contribution is 0.889. The molecule has 0 atom stereocenters. The molecule has 0 aliphatic rings. The Morgan fingerprint density at radius 3 is 2.38 bits per heavy atom. The maximum atomic E-state index is 4.58. The van der Waals surface area contributed by atoms with Crippen molar-refractivity contribution < 1.29 is 0 Å². The van der Waals surface area contributed by atoms with Crippen molar-refractivity contribution in [3.63, 3.8) is 0 Å². The SMILES string of the molecule is Cc1nc(NCc2ccccc2)c2cnn(-c3ccccc3)c2n1. The molecule has 0 radical (unpaired) electrons. The van der Waals surface area contributed by atoms with Crippen molar-refractivity contribution in [1.29, 1.82) is 0 Å². The summed E-state index contributed by atoms with van der Waals surface area (Å²) in [5.41, 5.74) is 3.00. The Balaban J connectivity index is 1.73. The number of rotatable bonds is 4. The fourth-order valence-electron chi connectivity index (χ4n) is 2.69. The second kappa shape index (κ2) is 6.12. The highest BCUT2D eigenvalue weighted by molar-refractivity contribution is 5.87. The third-order valence-corrected chi connectivity index (χ3v) is 3.84. The first-order valence-corrected chi connectivity index (χ1v) is 7.87. The number of fused-ring (bicyclic) bond motifs is 1. The van der Waals surface area contributed by atoms with Gasteiger partial charge in [0.2, 0.25) is 0 Å². The van der Waals surface area contributed by atoms with E-state index in [0.29, 0.717) is 6.54 Å². The Bertz CT molecular complexity index is 961. The van der Waals surface area contributed by atoms with Crippen LogP contribution in [0.1, 0.15) is 11.4 Å². The molecule has 0 spiro atoms. The molecule has 5 nitrogen and oxygen atoms in total. The van der Waals surface area contributed by atoms with E-state index in [0.717, 1.165) is 28.4 Å². The van der Waals surface area contributed by atoms with Gasteiger partial charge in [-0.3, -0.25) is 0 Å². The molecule has 0 aliphatic carbocycles. The van der Waals surface area contributed by atoms with Crippen LogP contribution in [-0.4, -0.2) is 19.7 Å². The summed E-state index contributed by atoms with van der Waals surface area (Å²) in [5.74, 6) is 1.53. The molecule has 0 bridgehead atoms. The van der Waals surface area contributed by atoms with Crippen molar-refractivity contribution in [2.45, 2.75) is 13.5 Å². The van der Waals surface area contributed by atoms with Gasteiger partial charge in [0, 0.05) is 6.54 Å². The highest BCUT2D eigenvalue weighted by Gasteiger charge is 2.12. The summed E-state index contributed by atoms with van der Waals surface area (Å²) >= 11 is 0. The minimum Gasteiger partial charge on any atom is -0.365 e. The molecule has 1 N–H and O–H groups in total. The predicted octanol–water partition coefficient (Wildman–Crippen LogP) is 3.74. The first kappa shape index (κ1) is 14.4. The molecule has 0 aliphatic heterocycles. The van der Waals surface area contributed by atoms with Crippen LogP contribution in [0.5, 0.6) is 0 Å². The van der Waals surface area contributed by atoms with E-state index >= 15 is 0 Å². The number of hydrogen-bond acceptors (Lipinski definition) is 4. The van der Waals surface area contributed by atoms with E-state index in [1.54, 1.807) is 0 Å². The number of nitrogens with zero attached hydrogens (tertiary/aromatic N) is 4. The van der Waals surface area contributed by atoms with Crippen LogP contribution >= 0.6 is 0 Å². The molecule has 4 aromatic rings. The minimum absolute atomic E-state index is 0.711. The lowest BCUT2D eigenvalue weighted by Gasteiger charge is -2.08. The zero-order valence-electron chi connectivity index (χ0n) is 13.3. The first-order chi connectivity index (χ1) is 11.8. The average molecular weight is 315 g/mol. The van der Waals surface area contributed by atoms with Crippen molar-refractivity contribution in [2.75, 3.05) is 5.32 Å². The fraction of sp³-hybridized carbons (Fsp3) is 0.105. The summed E-state index contributed by atoms with van der Waals surface area (Å²) in [6, 6.07) is 20.3. The van der Waals surface area contributed by atoms with Crippen molar-refractivity contribution in [3.8, 4) is 5.69 Å². The van der Waals surface area contributed by atoms with Crippen LogP contribution < -0.4 is 5.32 Å². The van der Waals surface area contributed by atoms with Gasteiger partial charge >= 0.3 is 0 Å². The van der Waals surface area contributed by atoms with E-state index in [4.69, 9.17) is 0 Å². The molecule has 118 valence electrons. The Hall–Kier alpha value is -3.21. The Kier molecular flexibility index (Phi) is 3.67. The van der Waals surface area contributed by atoms with Crippen LogP contribution in [0, 0.1) is 6.92 Å². The molecule has 0 saturated heterocycles. The smallest absolute Gasteiger partial charge is 0.168 e. The van der Waals surface area contributed by atoms with Gasteiger partial charge in [-0.1, -0.05) is 48.5 Å². The largest absolute Gasteiger partial charge is 0.365 e. The number of anilines is 1. The first-order valence-electron chi connectivity index (χ1n) is 7.87. The molecule has 2 heterocycles. The summed E-state index contributed by atoms with van der Waals surface area (Å²) in [6.07, 6.45) is 1.81. The van der Waals surface area contributed by atoms with Crippen molar-refractivity contribution in [2.24, 2.45) is 0 Å². The van der Waals surface area contributed by atoms with Crippen molar-refractivity contribution in [3.05, 3.63) is 78.2 Å². The zero-order valence-corrected chi connectivity index (χ0v) is 13.3. The minimum atomic E-state index is 0.711. The molecular weight excluding hydrogens is 298 g/mol. The van der Waals surface area contributed by atoms with Gasteiger partial charge in [0.1, 0.15) is 11.6 Å². The fourth-order valence-corrected chi connectivity index (χ4v) is 2.69. The van der Waals surface area contributed by atoms with Crippen molar-refractivity contribution >= 4 is 16.9 Å². The van der Waals surface area contributed by atoms with E-state index in [1.165, 1.54) is 5.56 Å². The molecule has 2 aromatic carbocycles. The zero-order chi connectivity index (χ0) is 16.4. The van der Waals surface area contributed by atoms with E-state index in [1.807, 2.05) is 66.3 Å². The Labute approximate surface area is 140 Å². The van der Waals surface area contributed by atoms with E-state index in [9.17, 15) is 0 Å². The number of aryl methyl sites for hydroxylation is 1. The molecule has 0 amide bonds. The van der Waals surface area contributed by atoms with Crippen LogP contribution in [0.15, 0.2) is 66.9 Å². The topological polar surface area (TPSA) is 55.6 Å². The summed E-state index contributed by atoms with van der Waals surface area (Å²) in [5, 5.41) is 8.82. The van der Waals surface area contributed by atoms with Gasteiger partial charge in [-0.2, -0.15) is 5.10 Å². The molecular formula is C19H17N5. The summed E-state index contributed by atoms with van der Waals surface area (Å²) in [7, 11) is 0. The summed E-state index contributed by atoms with van der Waals surface area (Å²) in [4.78, 5) is 9.12. The molecule has 0 unspecified atom stereocenters. The maximum absolute atomic E-state index is 4.58. The molecule has 4 rings (SSSR count). The molecule has 2 aromatic heterocycles.